The molecule has 20 heavy (non-hydrogen) atoms. The van der Waals surface area contributed by atoms with E-state index in [1.165, 1.54) is 17.1 Å². The van der Waals surface area contributed by atoms with E-state index in [2.05, 4.69) is 4.90 Å². The third kappa shape index (κ3) is 4.30. The van der Waals surface area contributed by atoms with Crippen LogP contribution in [0.5, 0.6) is 0 Å². The van der Waals surface area contributed by atoms with Crippen LogP contribution in [0.2, 0.25) is 0 Å². The van der Waals surface area contributed by atoms with E-state index >= 15 is 0 Å². The Morgan fingerprint density at radius 1 is 1.15 bits per heavy atom. The van der Waals surface area contributed by atoms with Crippen LogP contribution in [-0.2, 0) is 15.8 Å². The largest absolute Gasteiger partial charge is 0.302 e. The van der Waals surface area contributed by atoms with Gasteiger partial charge in [-0.3, -0.25) is 0 Å². The third-order valence-corrected chi connectivity index (χ3v) is 5.70. The van der Waals surface area contributed by atoms with E-state index in [0.29, 0.717) is 6.54 Å². The van der Waals surface area contributed by atoms with Gasteiger partial charge in [-0.05, 0) is 38.4 Å². The number of sulfonamides is 1. The molecule has 0 amide bonds. The molecule has 1 aromatic rings. The highest BCUT2D eigenvalue weighted by atomic mass is 32.2. The summed E-state index contributed by atoms with van der Waals surface area (Å²) in [6.45, 7) is 5.62. The Hall–Kier alpha value is -0.910. The molecule has 0 atom stereocenters. The molecule has 0 aliphatic carbocycles. The first-order valence-electron chi connectivity index (χ1n) is 7.19. The van der Waals surface area contributed by atoms with Crippen molar-refractivity contribution in [1.29, 1.82) is 0 Å². The average molecular weight is 296 g/mol. The molecule has 0 bridgehead atoms. The van der Waals surface area contributed by atoms with Crippen LogP contribution >= 0.6 is 0 Å². The van der Waals surface area contributed by atoms with E-state index in [9.17, 15) is 8.42 Å². The van der Waals surface area contributed by atoms with E-state index in [4.69, 9.17) is 0 Å². The molecular formula is C15H24N2O2S. The van der Waals surface area contributed by atoms with Gasteiger partial charge in [-0.1, -0.05) is 29.8 Å². The number of rotatable bonds is 6. The molecule has 1 saturated heterocycles. The summed E-state index contributed by atoms with van der Waals surface area (Å²) < 4.78 is 26.1. The first-order chi connectivity index (χ1) is 9.47. The van der Waals surface area contributed by atoms with E-state index in [1.54, 1.807) is 7.05 Å². The predicted octanol–water partition coefficient (Wildman–Crippen LogP) is 1.85. The number of nitrogens with zero attached hydrogens (tertiary/aromatic N) is 2. The molecule has 1 aliphatic rings. The summed E-state index contributed by atoms with van der Waals surface area (Å²) >= 11 is 0. The molecule has 2 rings (SSSR count). The Labute approximate surface area is 122 Å². The number of aryl methyl sites for hydroxylation is 1. The smallest absolute Gasteiger partial charge is 0.218 e. The lowest BCUT2D eigenvalue weighted by Gasteiger charge is -2.21. The first kappa shape index (κ1) is 15.5. The minimum atomic E-state index is -3.21. The molecule has 0 N–H and O–H groups in total. The summed E-state index contributed by atoms with van der Waals surface area (Å²) in [6.07, 6.45) is 2.47. The Bertz CT molecular complexity index is 519. The van der Waals surface area contributed by atoms with Crippen LogP contribution < -0.4 is 0 Å². The van der Waals surface area contributed by atoms with E-state index in [-0.39, 0.29) is 5.75 Å². The number of likely N-dealkylation sites (tertiary alicyclic amines) is 1. The molecule has 1 aliphatic heterocycles. The number of hydrogen-bond donors (Lipinski definition) is 0. The molecule has 1 fully saturated rings. The van der Waals surface area contributed by atoms with Crippen molar-refractivity contribution in [3.05, 3.63) is 35.4 Å². The summed E-state index contributed by atoms with van der Waals surface area (Å²) in [4.78, 5) is 2.33. The molecule has 0 radical (unpaired) electrons. The monoisotopic (exact) mass is 296 g/mol. The third-order valence-electron chi connectivity index (χ3n) is 3.87. The predicted molar refractivity (Wildman–Crippen MR) is 82.1 cm³/mol. The van der Waals surface area contributed by atoms with Gasteiger partial charge in [0.1, 0.15) is 0 Å². The van der Waals surface area contributed by atoms with Crippen LogP contribution in [0.15, 0.2) is 24.3 Å². The number of likely N-dealkylation sites (N-methyl/N-ethyl adjacent to an activating group) is 1. The van der Waals surface area contributed by atoms with Gasteiger partial charge < -0.3 is 4.90 Å². The van der Waals surface area contributed by atoms with E-state index < -0.39 is 10.0 Å². The topological polar surface area (TPSA) is 40.6 Å². The second-order valence-electron chi connectivity index (χ2n) is 5.61. The first-order valence-corrected chi connectivity index (χ1v) is 8.80. The molecule has 4 nitrogen and oxygen atoms in total. The van der Waals surface area contributed by atoms with E-state index in [1.807, 2.05) is 31.2 Å². The van der Waals surface area contributed by atoms with Gasteiger partial charge in [0.25, 0.3) is 0 Å². The minimum absolute atomic E-state index is 0.0871. The van der Waals surface area contributed by atoms with Crippen LogP contribution in [0.1, 0.15) is 24.0 Å². The molecule has 0 saturated carbocycles. The molecule has 0 unspecified atom stereocenters. The van der Waals surface area contributed by atoms with Crippen LogP contribution in [0.4, 0.5) is 0 Å². The van der Waals surface area contributed by atoms with Gasteiger partial charge in [0.2, 0.25) is 10.0 Å². The van der Waals surface area contributed by atoms with Gasteiger partial charge in [0.05, 0.1) is 5.75 Å². The second kappa shape index (κ2) is 6.70. The summed E-state index contributed by atoms with van der Waals surface area (Å²) in [7, 11) is -1.53. The zero-order valence-corrected chi connectivity index (χ0v) is 13.2. The molecule has 5 heteroatoms. The molecule has 0 aromatic heterocycles. The fourth-order valence-electron chi connectivity index (χ4n) is 2.43. The van der Waals surface area contributed by atoms with Crippen molar-refractivity contribution in [1.82, 2.24) is 9.21 Å². The van der Waals surface area contributed by atoms with Crippen LogP contribution in [-0.4, -0.2) is 50.8 Å². The summed E-state index contributed by atoms with van der Waals surface area (Å²) in [5, 5.41) is 0. The average Bonchev–Trinajstić information content (AvgIpc) is 2.91. The lowest BCUT2D eigenvalue weighted by molar-refractivity contribution is 0.310. The Balaban J connectivity index is 1.89. The number of benzene rings is 1. The lowest BCUT2D eigenvalue weighted by Crippen LogP contribution is -2.35. The van der Waals surface area contributed by atoms with Crippen molar-refractivity contribution in [3.63, 3.8) is 0 Å². The van der Waals surface area contributed by atoms with Gasteiger partial charge >= 0.3 is 0 Å². The highest BCUT2D eigenvalue weighted by Gasteiger charge is 2.20. The van der Waals surface area contributed by atoms with Crippen molar-refractivity contribution in [3.8, 4) is 0 Å². The normalized spacial score (nSPS) is 16.9. The summed E-state index contributed by atoms with van der Waals surface area (Å²) in [5.41, 5.74) is 2.00. The molecule has 0 spiro atoms. The van der Waals surface area contributed by atoms with Crippen molar-refractivity contribution < 1.29 is 8.42 Å². The lowest BCUT2D eigenvalue weighted by atomic mass is 10.2. The van der Waals surface area contributed by atoms with Gasteiger partial charge in [-0.15, -0.1) is 0 Å². The Kier molecular flexibility index (Phi) is 5.18. The SMILES string of the molecule is Cc1ccc(CS(=O)(=O)N(C)CCN2CCCC2)cc1. The maximum absolute atomic E-state index is 12.3. The van der Waals surface area contributed by atoms with Gasteiger partial charge in [0, 0.05) is 20.1 Å². The maximum atomic E-state index is 12.3. The molecule has 112 valence electrons. The van der Waals surface area contributed by atoms with Crippen molar-refractivity contribution >= 4 is 10.0 Å². The van der Waals surface area contributed by atoms with Crippen LogP contribution in [0, 0.1) is 6.92 Å². The van der Waals surface area contributed by atoms with Crippen LogP contribution in [0.25, 0.3) is 0 Å². The van der Waals surface area contributed by atoms with Crippen molar-refractivity contribution in [2.75, 3.05) is 33.2 Å². The second-order valence-corrected chi connectivity index (χ2v) is 7.69. The van der Waals surface area contributed by atoms with Crippen LogP contribution in [0.3, 0.4) is 0 Å². The standard InChI is InChI=1S/C15H24N2O2S/c1-14-5-7-15(8-6-14)13-20(18,19)16(2)11-12-17-9-3-4-10-17/h5-8H,3-4,9-13H2,1-2H3. The van der Waals surface area contributed by atoms with Gasteiger partial charge in [0.15, 0.2) is 0 Å². The fourth-order valence-corrected chi connectivity index (χ4v) is 3.63. The molecular weight excluding hydrogens is 272 g/mol. The maximum Gasteiger partial charge on any atom is 0.218 e. The number of hydrogen-bond acceptors (Lipinski definition) is 3. The fraction of sp³-hybridized carbons (Fsp3) is 0.600. The van der Waals surface area contributed by atoms with Gasteiger partial charge in [-0.25, -0.2) is 12.7 Å². The molecule has 1 heterocycles. The highest BCUT2D eigenvalue weighted by molar-refractivity contribution is 7.88. The zero-order chi connectivity index (χ0) is 14.6. The Morgan fingerprint density at radius 2 is 1.75 bits per heavy atom. The minimum Gasteiger partial charge on any atom is -0.302 e. The van der Waals surface area contributed by atoms with Crippen molar-refractivity contribution in [2.45, 2.75) is 25.5 Å². The quantitative estimate of drug-likeness (QED) is 0.804. The highest BCUT2D eigenvalue weighted by Crippen LogP contribution is 2.12. The zero-order valence-electron chi connectivity index (χ0n) is 12.4. The summed E-state index contributed by atoms with van der Waals surface area (Å²) in [5.74, 6) is 0.0871. The van der Waals surface area contributed by atoms with E-state index in [0.717, 1.165) is 30.8 Å². The van der Waals surface area contributed by atoms with Gasteiger partial charge in [-0.2, -0.15) is 0 Å². The summed E-state index contributed by atoms with van der Waals surface area (Å²) in [6, 6.07) is 7.69. The van der Waals surface area contributed by atoms with Crippen molar-refractivity contribution in [2.24, 2.45) is 0 Å². The molecule has 1 aromatic carbocycles. The Morgan fingerprint density at radius 3 is 2.35 bits per heavy atom.